The lowest BCUT2D eigenvalue weighted by atomic mass is 10.1. The van der Waals surface area contributed by atoms with Gasteiger partial charge in [0.2, 0.25) is 5.89 Å². The molecule has 0 aromatic carbocycles. The van der Waals surface area contributed by atoms with Gasteiger partial charge in [0, 0.05) is 6.04 Å². The first-order valence-electron chi connectivity index (χ1n) is 5.93. The lowest BCUT2D eigenvalue weighted by Crippen LogP contribution is -2.19. The van der Waals surface area contributed by atoms with E-state index in [1.807, 2.05) is 6.92 Å². The average molecular weight is 244 g/mol. The first-order valence-corrected chi connectivity index (χ1v) is 6.36. The summed E-state index contributed by atoms with van der Waals surface area (Å²) < 4.78 is 5.41. The lowest BCUT2D eigenvalue weighted by molar-refractivity contribution is 0.488. The number of anilines is 1. The molecule has 4 nitrogen and oxygen atoms in total. The molecule has 0 saturated heterocycles. The van der Waals surface area contributed by atoms with Gasteiger partial charge in [-0.2, -0.15) is 0 Å². The van der Waals surface area contributed by atoms with Gasteiger partial charge in [-0.3, -0.25) is 0 Å². The molecule has 1 aliphatic rings. The number of aromatic nitrogens is 2. The van der Waals surface area contributed by atoms with Crippen molar-refractivity contribution in [3.8, 4) is 0 Å². The van der Waals surface area contributed by atoms with Crippen LogP contribution >= 0.6 is 11.6 Å². The van der Waals surface area contributed by atoms with Gasteiger partial charge in [0.15, 0.2) is 0 Å². The maximum Gasteiger partial charge on any atom is 0.315 e. The summed E-state index contributed by atoms with van der Waals surface area (Å²) in [6, 6.07) is 0.932. The average Bonchev–Trinajstić information content (AvgIpc) is 2.93. The number of alkyl halides is 1. The molecule has 1 aliphatic carbocycles. The first kappa shape index (κ1) is 11.7. The van der Waals surface area contributed by atoms with Crippen LogP contribution in [0.1, 0.15) is 50.8 Å². The second-order valence-corrected chi connectivity index (χ2v) is 5.14. The summed E-state index contributed by atoms with van der Waals surface area (Å²) in [5.41, 5.74) is 0. The Hall–Kier alpha value is -0.770. The van der Waals surface area contributed by atoms with Crippen molar-refractivity contribution in [2.45, 2.75) is 50.9 Å². The van der Waals surface area contributed by atoms with E-state index in [4.69, 9.17) is 16.0 Å². The molecule has 1 aromatic rings. The minimum Gasteiger partial charge on any atom is -0.406 e. The van der Waals surface area contributed by atoms with Gasteiger partial charge < -0.3 is 9.73 Å². The van der Waals surface area contributed by atoms with E-state index in [-0.39, 0.29) is 5.38 Å². The second kappa shape index (κ2) is 5.04. The van der Waals surface area contributed by atoms with Gasteiger partial charge in [0.1, 0.15) is 5.38 Å². The fourth-order valence-corrected chi connectivity index (χ4v) is 1.80. The van der Waals surface area contributed by atoms with Crippen molar-refractivity contribution in [3.05, 3.63) is 5.89 Å². The molecule has 1 N–H and O–H groups in total. The van der Waals surface area contributed by atoms with Crippen LogP contribution in [0.3, 0.4) is 0 Å². The van der Waals surface area contributed by atoms with E-state index in [9.17, 15) is 0 Å². The van der Waals surface area contributed by atoms with Crippen molar-refractivity contribution < 1.29 is 4.42 Å². The Labute approximate surface area is 101 Å². The highest BCUT2D eigenvalue weighted by molar-refractivity contribution is 6.20. The van der Waals surface area contributed by atoms with Gasteiger partial charge in [-0.25, -0.2) is 0 Å². The van der Waals surface area contributed by atoms with Gasteiger partial charge in [0.05, 0.1) is 0 Å². The van der Waals surface area contributed by atoms with Gasteiger partial charge >= 0.3 is 6.01 Å². The Bertz CT molecular complexity index is 336. The number of nitrogens with one attached hydrogen (secondary N) is 1. The highest BCUT2D eigenvalue weighted by atomic mass is 35.5. The zero-order valence-electron chi connectivity index (χ0n) is 9.74. The van der Waals surface area contributed by atoms with Crippen LogP contribution in [0.5, 0.6) is 0 Å². The highest BCUT2D eigenvalue weighted by Crippen LogP contribution is 2.34. The number of halogens is 1. The summed E-state index contributed by atoms with van der Waals surface area (Å²) in [5.74, 6) is 1.37. The van der Waals surface area contributed by atoms with Crippen LogP contribution in [-0.4, -0.2) is 16.2 Å². The molecule has 1 heterocycles. The van der Waals surface area contributed by atoms with E-state index in [0.29, 0.717) is 17.9 Å². The van der Waals surface area contributed by atoms with Crippen LogP contribution in [0.15, 0.2) is 4.42 Å². The Morgan fingerprint density at radius 3 is 2.75 bits per heavy atom. The van der Waals surface area contributed by atoms with Crippen LogP contribution in [0.2, 0.25) is 0 Å². The van der Waals surface area contributed by atoms with Crippen LogP contribution in [-0.2, 0) is 0 Å². The quantitative estimate of drug-likeness (QED) is 0.779. The van der Waals surface area contributed by atoms with Crippen molar-refractivity contribution in [3.63, 3.8) is 0 Å². The van der Waals surface area contributed by atoms with E-state index >= 15 is 0 Å². The second-order valence-electron chi connectivity index (χ2n) is 4.49. The molecule has 5 heteroatoms. The smallest absolute Gasteiger partial charge is 0.315 e. The third-order valence-electron chi connectivity index (χ3n) is 2.92. The van der Waals surface area contributed by atoms with Crippen molar-refractivity contribution in [2.75, 3.05) is 5.32 Å². The number of rotatable bonds is 6. The molecule has 2 rings (SSSR count). The summed E-state index contributed by atoms with van der Waals surface area (Å²) in [7, 11) is 0. The molecule has 0 radical (unpaired) electrons. The topological polar surface area (TPSA) is 51.0 Å². The van der Waals surface area contributed by atoms with Crippen molar-refractivity contribution in [1.82, 2.24) is 10.2 Å². The Balaban J connectivity index is 1.89. The van der Waals surface area contributed by atoms with Gasteiger partial charge in [-0.15, -0.1) is 16.7 Å². The third-order valence-corrected chi connectivity index (χ3v) is 3.10. The SMILES string of the molecule is CCC(CC1CC1)Nc1nnc(C(C)Cl)o1. The van der Waals surface area contributed by atoms with Crippen LogP contribution in [0.25, 0.3) is 0 Å². The third kappa shape index (κ3) is 3.11. The van der Waals surface area contributed by atoms with Crippen LogP contribution < -0.4 is 5.32 Å². The molecule has 1 saturated carbocycles. The predicted octanol–water partition coefficient (Wildman–Crippen LogP) is 3.36. The summed E-state index contributed by atoms with van der Waals surface area (Å²) in [6.07, 6.45) is 5.01. The van der Waals surface area contributed by atoms with Gasteiger partial charge in [-0.1, -0.05) is 24.9 Å². The summed E-state index contributed by atoms with van der Waals surface area (Å²) in [6.45, 7) is 3.99. The number of hydrogen-bond donors (Lipinski definition) is 1. The summed E-state index contributed by atoms with van der Waals surface area (Å²) >= 11 is 5.86. The van der Waals surface area contributed by atoms with Gasteiger partial charge in [-0.05, 0) is 25.7 Å². The van der Waals surface area contributed by atoms with Crippen molar-refractivity contribution >= 4 is 17.6 Å². The van der Waals surface area contributed by atoms with E-state index in [2.05, 4.69) is 22.4 Å². The highest BCUT2D eigenvalue weighted by Gasteiger charge is 2.25. The van der Waals surface area contributed by atoms with Gasteiger partial charge in [0.25, 0.3) is 0 Å². The molecule has 2 unspecified atom stereocenters. The van der Waals surface area contributed by atoms with E-state index < -0.39 is 0 Å². The number of hydrogen-bond acceptors (Lipinski definition) is 4. The molecule has 1 aromatic heterocycles. The van der Waals surface area contributed by atoms with E-state index in [0.717, 1.165) is 12.3 Å². The monoisotopic (exact) mass is 243 g/mol. The predicted molar refractivity (Wildman–Crippen MR) is 63.6 cm³/mol. The standard InChI is InChI=1S/C11H18ClN3O/c1-3-9(6-8-4-5-8)13-11-15-14-10(16-11)7(2)12/h7-9H,3-6H2,1-2H3,(H,13,15). The summed E-state index contributed by atoms with van der Waals surface area (Å²) in [4.78, 5) is 0. The van der Waals surface area contributed by atoms with E-state index in [1.165, 1.54) is 19.3 Å². The first-order chi connectivity index (χ1) is 7.69. The molecule has 2 atom stereocenters. The van der Waals surface area contributed by atoms with Crippen molar-refractivity contribution in [2.24, 2.45) is 5.92 Å². The van der Waals surface area contributed by atoms with Crippen molar-refractivity contribution in [1.29, 1.82) is 0 Å². The van der Waals surface area contributed by atoms with E-state index in [1.54, 1.807) is 0 Å². The maximum atomic E-state index is 5.86. The Morgan fingerprint density at radius 2 is 2.25 bits per heavy atom. The fourth-order valence-electron chi connectivity index (χ4n) is 1.71. The summed E-state index contributed by atoms with van der Waals surface area (Å²) in [5, 5.41) is 10.9. The molecule has 1 fully saturated rings. The minimum atomic E-state index is -0.230. The molecular weight excluding hydrogens is 226 g/mol. The maximum absolute atomic E-state index is 5.86. The lowest BCUT2D eigenvalue weighted by Gasteiger charge is -2.14. The number of nitrogens with zero attached hydrogens (tertiary/aromatic N) is 2. The largest absolute Gasteiger partial charge is 0.406 e. The Morgan fingerprint density at radius 1 is 1.50 bits per heavy atom. The van der Waals surface area contributed by atoms with Crippen LogP contribution in [0.4, 0.5) is 6.01 Å². The molecule has 16 heavy (non-hydrogen) atoms. The van der Waals surface area contributed by atoms with Crippen LogP contribution in [0, 0.1) is 5.92 Å². The molecule has 0 spiro atoms. The fraction of sp³-hybridized carbons (Fsp3) is 0.818. The molecular formula is C11H18ClN3O. The molecule has 0 aliphatic heterocycles. The molecule has 0 amide bonds. The Kier molecular flexibility index (Phi) is 3.69. The normalized spacial score (nSPS) is 19.4. The zero-order valence-corrected chi connectivity index (χ0v) is 10.5. The minimum absolute atomic E-state index is 0.230. The zero-order chi connectivity index (χ0) is 11.5. The molecule has 0 bridgehead atoms. The molecule has 90 valence electrons.